The Labute approximate surface area is 80.9 Å². The molecule has 0 amide bonds. The van der Waals surface area contributed by atoms with E-state index in [4.69, 9.17) is 0 Å². The van der Waals surface area contributed by atoms with Crippen LogP contribution in [0.15, 0.2) is 0 Å². The Hall–Kier alpha value is -0.0800. The van der Waals surface area contributed by atoms with Crippen LogP contribution in [0.2, 0.25) is 0 Å². The summed E-state index contributed by atoms with van der Waals surface area (Å²) in [4.78, 5) is 0. The van der Waals surface area contributed by atoms with Gasteiger partial charge in [0.2, 0.25) is 0 Å². The first-order valence-corrected chi connectivity index (χ1v) is 5.49. The Kier molecular flexibility index (Phi) is 2.16. The highest BCUT2D eigenvalue weighted by atomic mass is 16.5. The summed E-state index contributed by atoms with van der Waals surface area (Å²) in [6.45, 7) is 6.84. The minimum Gasteiger partial charge on any atom is -0.313 e. The molecule has 0 saturated carbocycles. The summed E-state index contributed by atoms with van der Waals surface area (Å²) in [6, 6.07) is 0.428. The van der Waals surface area contributed by atoms with E-state index in [0.717, 1.165) is 24.7 Å². The summed E-state index contributed by atoms with van der Waals surface area (Å²) < 4.78 is 0. The fraction of sp³-hybridized carbons (Fsp3) is 1.00. The number of hydrogen-bond acceptors (Lipinski definition) is 2. The lowest BCUT2D eigenvalue weighted by atomic mass is 9.69. The molecule has 2 saturated heterocycles. The van der Waals surface area contributed by atoms with E-state index >= 15 is 0 Å². The van der Waals surface area contributed by atoms with Gasteiger partial charge in [-0.3, -0.25) is 0 Å². The van der Waals surface area contributed by atoms with Crippen molar-refractivity contribution in [3.8, 4) is 0 Å². The summed E-state index contributed by atoms with van der Waals surface area (Å²) in [7, 11) is 0. The third-order valence-electron chi connectivity index (χ3n) is 3.82. The Morgan fingerprint density at radius 3 is 2.00 bits per heavy atom. The summed E-state index contributed by atoms with van der Waals surface area (Å²) in [5.74, 6) is 1.57. The second kappa shape index (κ2) is 2.96. The minimum absolute atomic E-state index is 0.0694. The molecule has 2 aliphatic heterocycles. The van der Waals surface area contributed by atoms with Gasteiger partial charge in [0.05, 0.1) is 0 Å². The highest BCUT2D eigenvalue weighted by Crippen LogP contribution is 2.44. The maximum absolute atomic E-state index is 10.0. The number of fused-ring (bicyclic) bond motifs is 2. The van der Waals surface area contributed by atoms with Crippen LogP contribution in [0.4, 0.5) is 0 Å². The van der Waals surface area contributed by atoms with Gasteiger partial charge in [0, 0.05) is 11.6 Å². The first-order chi connectivity index (χ1) is 6.01. The fourth-order valence-corrected chi connectivity index (χ4v) is 3.60. The Balaban J connectivity index is 2.20. The number of hydroxylamine groups is 2. The molecule has 2 nitrogen and oxygen atoms in total. The Morgan fingerprint density at radius 2 is 1.62 bits per heavy atom. The zero-order chi connectivity index (χ0) is 9.64. The van der Waals surface area contributed by atoms with Gasteiger partial charge in [0.25, 0.3) is 0 Å². The van der Waals surface area contributed by atoms with Crippen molar-refractivity contribution in [1.82, 2.24) is 5.06 Å². The molecule has 0 aromatic carbocycles. The van der Waals surface area contributed by atoms with Gasteiger partial charge < -0.3 is 5.21 Å². The van der Waals surface area contributed by atoms with E-state index in [1.807, 2.05) is 0 Å². The predicted octanol–water partition coefficient (Wildman–Crippen LogP) is 2.66. The van der Waals surface area contributed by atoms with E-state index in [0.29, 0.717) is 6.04 Å². The third kappa shape index (κ3) is 1.50. The molecule has 2 heterocycles. The maximum Gasteiger partial charge on any atom is 0.0440 e. The van der Waals surface area contributed by atoms with E-state index in [9.17, 15) is 5.21 Å². The number of piperidine rings is 2. The summed E-state index contributed by atoms with van der Waals surface area (Å²) in [5, 5.41) is 11.7. The normalized spacial score (nSPS) is 52.2. The number of rotatable bonds is 0. The summed E-state index contributed by atoms with van der Waals surface area (Å²) >= 11 is 0. The molecule has 2 aliphatic rings. The SMILES string of the molecule is CC1CC2CC(C)CC(C)(C1)N2O. The van der Waals surface area contributed by atoms with E-state index in [2.05, 4.69) is 20.8 Å². The molecule has 0 aromatic heterocycles. The van der Waals surface area contributed by atoms with E-state index < -0.39 is 0 Å². The maximum atomic E-state index is 10.0. The second-order valence-corrected chi connectivity index (χ2v) is 5.59. The predicted molar refractivity (Wildman–Crippen MR) is 52.6 cm³/mol. The highest BCUT2D eigenvalue weighted by molar-refractivity contribution is 4.98. The van der Waals surface area contributed by atoms with Crippen molar-refractivity contribution < 1.29 is 5.21 Å². The summed E-state index contributed by atoms with van der Waals surface area (Å²) in [6.07, 6.45) is 4.67. The monoisotopic (exact) mass is 183 g/mol. The number of hydrogen-bond donors (Lipinski definition) is 1. The molecule has 2 unspecified atom stereocenters. The topological polar surface area (TPSA) is 23.5 Å². The van der Waals surface area contributed by atoms with Crippen molar-refractivity contribution in [3.05, 3.63) is 0 Å². The molecule has 0 spiro atoms. The molecular formula is C11H21NO. The lowest BCUT2D eigenvalue weighted by molar-refractivity contribution is -0.249. The van der Waals surface area contributed by atoms with Crippen LogP contribution in [0.1, 0.15) is 46.5 Å². The minimum atomic E-state index is 0.0694. The molecule has 0 aliphatic carbocycles. The molecule has 2 fully saturated rings. The van der Waals surface area contributed by atoms with Crippen LogP contribution < -0.4 is 0 Å². The first-order valence-electron chi connectivity index (χ1n) is 5.49. The van der Waals surface area contributed by atoms with Crippen LogP contribution in [0.25, 0.3) is 0 Å². The van der Waals surface area contributed by atoms with Crippen LogP contribution >= 0.6 is 0 Å². The van der Waals surface area contributed by atoms with Crippen LogP contribution in [-0.2, 0) is 0 Å². The van der Waals surface area contributed by atoms with Crippen molar-refractivity contribution in [2.75, 3.05) is 0 Å². The average molecular weight is 183 g/mol. The lowest BCUT2D eigenvalue weighted by Crippen LogP contribution is -2.59. The van der Waals surface area contributed by atoms with Crippen LogP contribution in [0, 0.1) is 11.8 Å². The third-order valence-corrected chi connectivity index (χ3v) is 3.82. The Morgan fingerprint density at radius 1 is 1.15 bits per heavy atom. The molecule has 2 bridgehead atoms. The van der Waals surface area contributed by atoms with Gasteiger partial charge in [-0.25, -0.2) is 0 Å². The van der Waals surface area contributed by atoms with E-state index in [1.54, 1.807) is 5.06 Å². The molecule has 2 atom stereocenters. The molecule has 1 N–H and O–H groups in total. The molecule has 0 aromatic rings. The highest BCUT2D eigenvalue weighted by Gasteiger charge is 2.46. The van der Waals surface area contributed by atoms with Crippen molar-refractivity contribution in [3.63, 3.8) is 0 Å². The van der Waals surface area contributed by atoms with Crippen LogP contribution in [0.3, 0.4) is 0 Å². The lowest BCUT2D eigenvalue weighted by Gasteiger charge is -2.53. The summed E-state index contributed by atoms with van der Waals surface area (Å²) in [5.41, 5.74) is 0.0694. The quantitative estimate of drug-likeness (QED) is 0.624. The first kappa shape index (κ1) is 9.47. The smallest absolute Gasteiger partial charge is 0.0440 e. The van der Waals surface area contributed by atoms with Gasteiger partial charge in [-0.2, -0.15) is 5.06 Å². The standard InChI is InChI=1S/C11H21NO/c1-8-4-10-5-9(2)7-11(3,6-8)12(10)13/h8-10,13H,4-7H2,1-3H3. The average Bonchev–Trinajstić information content (AvgIpc) is 1.95. The van der Waals surface area contributed by atoms with E-state index in [1.165, 1.54) is 12.8 Å². The van der Waals surface area contributed by atoms with Gasteiger partial charge >= 0.3 is 0 Å². The Bertz CT molecular complexity index is 190. The van der Waals surface area contributed by atoms with Crippen molar-refractivity contribution in [2.45, 2.75) is 58.0 Å². The molecule has 2 rings (SSSR count). The molecule has 13 heavy (non-hydrogen) atoms. The van der Waals surface area contributed by atoms with Crippen molar-refractivity contribution in [2.24, 2.45) is 11.8 Å². The number of nitrogens with zero attached hydrogens (tertiary/aromatic N) is 1. The van der Waals surface area contributed by atoms with Crippen LogP contribution in [0.5, 0.6) is 0 Å². The zero-order valence-corrected chi connectivity index (χ0v) is 8.95. The van der Waals surface area contributed by atoms with Gasteiger partial charge in [-0.15, -0.1) is 0 Å². The largest absolute Gasteiger partial charge is 0.313 e. The van der Waals surface area contributed by atoms with Gasteiger partial charge in [0.1, 0.15) is 0 Å². The molecular weight excluding hydrogens is 162 g/mol. The van der Waals surface area contributed by atoms with Crippen molar-refractivity contribution in [1.29, 1.82) is 0 Å². The molecule has 76 valence electrons. The van der Waals surface area contributed by atoms with Gasteiger partial charge in [-0.05, 0) is 44.4 Å². The zero-order valence-electron chi connectivity index (χ0n) is 8.95. The second-order valence-electron chi connectivity index (χ2n) is 5.59. The van der Waals surface area contributed by atoms with Gasteiger partial charge in [-0.1, -0.05) is 13.8 Å². The molecule has 2 heteroatoms. The van der Waals surface area contributed by atoms with Crippen molar-refractivity contribution >= 4 is 0 Å². The van der Waals surface area contributed by atoms with Crippen LogP contribution in [-0.4, -0.2) is 21.9 Å². The fourth-order valence-electron chi connectivity index (χ4n) is 3.60. The van der Waals surface area contributed by atoms with Gasteiger partial charge in [0.15, 0.2) is 0 Å². The molecule has 0 radical (unpaired) electrons. The van der Waals surface area contributed by atoms with E-state index in [-0.39, 0.29) is 5.54 Å².